The Morgan fingerprint density at radius 3 is 2.62 bits per heavy atom. The summed E-state index contributed by atoms with van der Waals surface area (Å²) >= 11 is 2.15. The number of halogens is 1. The second-order valence-electron chi connectivity index (χ2n) is 3.23. The summed E-state index contributed by atoms with van der Waals surface area (Å²) in [6.07, 6.45) is 1.76. The average Bonchev–Trinajstić information content (AvgIpc) is 2.28. The third-order valence-electron chi connectivity index (χ3n) is 1.92. The quantitative estimate of drug-likeness (QED) is 0.592. The highest BCUT2D eigenvalue weighted by molar-refractivity contribution is 14.1. The Bertz CT molecular complexity index is 364. The number of aldehydes is 1. The van der Waals surface area contributed by atoms with Gasteiger partial charge in [-0.3, -0.25) is 4.79 Å². The highest BCUT2D eigenvalue weighted by Crippen LogP contribution is 2.33. The molecule has 0 saturated carbocycles. The predicted molar refractivity (Wildman–Crippen MR) is 71.5 cm³/mol. The molecule has 4 heteroatoms. The number of benzene rings is 1. The zero-order chi connectivity index (χ0) is 12.0. The molecule has 16 heavy (non-hydrogen) atoms. The van der Waals surface area contributed by atoms with Gasteiger partial charge in [0.2, 0.25) is 0 Å². The SMILES string of the molecule is CCCOc1c(I)cc(C=O)cc1OCC. The van der Waals surface area contributed by atoms with E-state index >= 15 is 0 Å². The van der Waals surface area contributed by atoms with Crippen LogP contribution in [0.1, 0.15) is 30.6 Å². The Morgan fingerprint density at radius 1 is 1.31 bits per heavy atom. The summed E-state index contributed by atoms with van der Waals surface area (Å²) in [5.41, 5.74) is 0.608. The average molecular weight is 334 g/mol. The van der Waals surface area contributed by atoms with Crippen LogP contribution in [-0.2, 0) is 0 Å². The molecule has 0 fully saturated rings. The fourth-order valence-corrected chi connectivity index (χ4v) is 2.04. The smallest absolute Gasteiger partial charge is 0.174 e. The lowest BCUT2D eigenvalue weighted by Crippen LogP contribution is -2.02. The molecule has 0 aliphatic carbocycles. The second-order valence-corrected chi connectivity index (χ2v) is 4.39. The topological polar surface area (TPSA) is 35.5 Å². The van der Waals surface area contributed by atoms with Crippen LogP contribution in [-0.4, -0.2) is 19.5 Å². The Balaban J connectivity index is 3.06. The molecule has 1 aromatic rings. The van der Waals surface area contributed by atoms with Gasteiger partial charge in [0.15, 0.2) is 11.5 Å². The molecule has 0 heterocycles. The van der Waals surface area contributed by atoms with E-state index in [1.54, 1.807) is 12.1 Å². The minimum atomic E-state index is 0.556. The fraction of sp³-hybridized carbons (Fsp3) is 0.417. The largest absolute Gasteiger partial charge is 0.490 e. The number of carbonyl (C=O) groups excluding carboxylic acids is 1. The lowest BCUT2D eigenvalue weighted by molar-refractivity contribution is 0.112. The van der Waals surface area contributed by atoms with Gasteiger partial charge in [0.1, 0.15) is 6.29 Å². The minimum absolute atomic E-state index is 0.556. The van der Waals surface area contributed by atoms with Crippen LogP contribution in [0.5, 0.6) is 11.5 Å². The van der Waals surface area contributed by atoms with E-state index in [1.807, 2.05) is 13.8 Å². The van der Waals surface area contributed by atoms with Gasteiger partial charge in [-0.1, -0.05) is 6.92 Å². The van der Waals surface area contributed by atoms with Crippen LogP contribution in [0, 0.1) is 3.57 Å². The molecule has 0 aliphatic heterocycles. The molecule has 0 N–H and O–H groups in total. The zero-order valence-electron chi connectivity index (χ0n) is 9.46. The van der Waals surface area contributed by atoms with E-state index in [0.29, 0.717) is 24.5 Å². The van der Waals surface area contributed by atoms with Crippen LogP contribution < -0.4 is 9.47 Å². The predicted octanol–water partition coefficient (Wildman–Crippen LogP) is 3.29. The van der Waals surface area contributed by atoms with Gasteiger partial charge in [-0.15, -0.1) is 0 Å². The summed E-state index contributed by atoms with van der Waals surface area (Å²) in [5, 5.41) is 0. The van der Waals surface area contributed by atoms with Crippen molar-refractivity contribution in [2.24, 2.45) is 0 Å². The van der Waals surface area contributed by atoms with Gasteiger partial charge in [0.05, 0.1) is 16.8 Å². The molecule has 1 rings (SSSR count). The van der Waals surface area contributed by atoms with Crippen molar-refractivity contribution in [2.75, 3.05) is 13.2 Å². The van der Waals surface area contributed by atoms with E-state index in [2.05, 4.69) is 22.6 Å². The standard InChI is InChI=1S/C12H15IO3/c1-3-5-16-12-10(13)6-9(8-14)7-11(12)15-4-2/h6-8H,3-5H2,1-2H3. The molecule has 0 spiro atoms. The van der Waals surface area contributed by atoms with Crippen molar-refractivity contribution in [1.82, 2.24) is 0 Å². The van der Waals surface area contributed by atoms with Crippen LogP contribution in [0.4, 0.5) is 0 Å². The van der Waals surface area contributed by atoms with E-state index in [-0.39, 0.29) is 0 Å². The summed E-state index contributed by atoms with van der Waals surface area (Å²) in [4.78, 5) is 10.7. The molecule has 0 atom stereocenters. The van der Waals surface area contributed by atoms with Gasteiger partial charge in [-0.05, 0) is 48.1 Å². The van der Waals surface area contributed by atoms with Crippen molar-refractivity contribution in [3.05, 3.63) is 21.3 Å². The highest BCUT2D eigenvalue weighted by atomic mass is 127. The van der Waals surface area contributed by atoms with Crippen LogP contribution in [0.25, 0.3) is 0 Å². The summed E-state index contributed by atoms with van der Waals surface area (Å²) in [6.45, 7) is 5.16. The summed E-state index contributed by atoms with van der Waals surface area (Å²) in [6, 6.07) is 3.50. The summed E-state index contributed by atoms with van der Waals surface area (Å²) in [7, 11) is 0. The first-order valence-electron chi connectivity index (χ1n) is 5.27. The molecule has 88 valence electrons. The third-order valence-corrected chi connectivity index (χ3v) is 2.72. The molecule has 1 aromatic carbocycles. The summed E-state index contributed by atoms with van der Waals surface area (Å²) in [5.74, 6) is 1.37. The van der Waals surface area contributed by atoms with E-state index < -0.39 is 0 Å². The van der Waals surface area contributed by atoms with Gasteiger partial charge in [0, 0.05) is 5.56 Å². The van der Waals surface area contributed by atoms with Crippen LogP contribution in [0.2, 0.25) is 0 Å². The lowest BCUT2D eigenvalue weighted by atomic mass is 10.2. The van der Waals surface area contributed by atoms with Gasteiger partial charge < -0.3 is 9.47 Å². The molecule has 0 bridgehead atoms. The zero-order valence-corrected chi connectivity index (χ0v) is 11.6. The van der Waals surface area contributed by atoms with Gasteiger partial charge >= 0.3 is 0 Å². The van der Waals surface area contributed by atoms with E-state index in [0.717, 1.165) is 22.0 Å². The third kappa shape index (κ3) is 3.37. The normalized spacial score (nSPS) is 9.94. The highest BCUT2D eigenvalue weighted by Gasteiger charge is 2.11. The van der Waals surface area contributed by atoms with Gasteiger partial charge in [0.25, 0.3) is 0 Å². The second kappa shape index (κ2) is 6.73. The molecule has 0 radical (unpaired) electrons. The van der Waals surface area contributed by atoms with E-state index in [4.69, 9.17) is 9.47 Å². The first kappa shape index (κ1) is 13.3. The molecular weight excluding hydrogens is 319 g/mol. The van der Waals surface area contributed by atoms with Crippen molar-refractivity contribution in [3.63, 3.8) is 0 Å². The Hall–Kier alpha value is -0.780. The minimum Gasteiger partial charge on any atom is -0.490 e. The van der Waals surface area contributed by atoms with Crippen molar-refractivity contribution >= 4 is 28.9 Å². The first-order valence-corrected chi connectivity index (χ1v) is 6.35. The molecule has 3 nitrogen and oxygen atoms in total. The van der Waals surface area contributed by atoms with E-state index in [9.17, 15) is 4.79 Å². The maximum atomic E-state index is 10.7. The van der Waals surface area contributed by atoms with Crippen molar-refractivity contribution in [1.29, 1.82) is 0 Å². The van der Waals surface area contributed by atoms with Gasteiger partial charge in [-0.2, -0.15) is 0 Å². The van der Waals surface area contributed by atoms with Crippen LogP contribution in [0.3, 0.4) is 0 Å². The molecule has 0 amide bonds. The fourth-order valence-electron chi connectivity index (χ4n) is 1.26. The maximum Gasteiger partial charge on any atom is 0.174 e. The van der Waals surface area contributed by atoms with Crippen LogP contribution >= 0.6 is 22.6 Å². The Morgan fingerprint density at radius 2 is 2.06 bits per heavy atom. The Kier molecular flexibility index (Phi) is 5.59. The van der Waals surface area contributed by atoms with Crippen molar-refractivity contribution in [2.45, 2.75) is 20.3 Å². The summed E-state index contributed by atoms with van der Waals surface area (Å²) < 4.78 is 12.0. The van der Waals surface area contributed by atoms with E-state index in [1.165, 1.54) is 0 Å². The monoisotopic (exact) mass is 334 g/mol. The number of rotatable bonds is 6. The molecular formula is C12H15IO3. The number of hydrogen-bond acceptors (Lipinski definition) is 3. The molecule has 0 aromatic heterocycles. The maximum absolute atomic E-state index is 10.7. The van der Waals surface area contributed by atoms with Crippen molar-refractivity contribution in [3.8, 4) is 11.5 Å². The number of carbonyl (C=O) groups is 1. The van der Waals surface area contributed by atoms with Crippen LogP contribution in [0.15, 0.2) is 12.1 Å². The van der Waals surface area contributed by atoms with Gasteiger partial charge in [-0.25, -0.2) is 0 Å². The molecule has 0 saturated heterocycles. The number of ether oxygens (including phenoxy) is 2. The Labute approximate surface area is 109 Å². The molecule has 0 unspecified atom stereocenters. The number of hydrogen-bond donors (Lipinski definition) is 0. The first-order chi connectivity index (χ1) is 7.72. The van der Waals surface area contributed by atoms with Crippen molar-refractivity contribution < 1.29 is 14.3 Å². The molecule has 0 aliphatic rings. The lowest BCUT2D eigenvalue weighted by Gasteiger charge is -2.13.